The maximum Gasteiger partial charge on any atom is 0.163 e. The number of fused-ring (bicyclic) bond motifs is 1. The van der Waals surface area contributed by atoms with Crippen LogP contribution in [0.25, 0.3) is 0 Å². The number of hydrogen-bond donors (Lipinski definition) is 2. The van der Waals surface area contributed by atoms with Crippen LogP contribution in [0, 0.1) is 0 Å². The number of allylic oxidation sites excluding steroid dienone is 1. The van der Waals surface area contributed by atoms with Crippen LogP contribution in [0.2, 0.25) is 10.0 Å². The lowest BCUT2D eigenvalue weighted by Crippen LogP contribution is -2.26. The summed E-state index contributed by atoms with van der Waals surface area (Å²) in [5.74, 6) is 0.304. The Morgan fingerprint density at radius 3 is 2.27 bits per heavy atom. The number of para-hydroxylation sites is 2. The molecule has 1 aliphatic carbocycles. The predicted octanol–water partition coefficient (Wildman–Crippen LogP) is 6.97. The van der Waals surface area contributed by atoms with Crippen LogP contribution in [-0.2, 0) is 4.79 Å². The van der Waals surface area contributed by atoms with Crippen LogP contribution < -0.4 is 10.6 Å². The van der Waals surface area contributed by atoms with E-state index in [1.807, 2.05) is 54.6 Å². The van der Waals surface area contributed by atoms with Gasteiger partial charge in [0, 0.05) is 17.7 Å². The zero-order chi connectivity index (χ0) is 20.7. The first-order chi connectivity index (χ1) is 14.6. The summed E-state index contributed by atoms with van der Waals surface area (Å²) in [5, 5.41) is 8.10. The Labute approximate surface area is 185 Å². The Bertz CT molecular complexity index is 1160. The minimum Gasteiger partial charge on any atom is -0.372 e. The monoisotopic (exact) mass is 434 g/mol. The standard InChI is InChI=1S/C25H20Cl2N2O/c26-18-11-10-16(12-19(18)27)25-24-22(28-20-8-4-5-9-21(20)29-25)13-17(14-23(24)30)15-6-2-1-3-7-15/h1-12,17,25,28-29H,13-14H2/t17-,25-/m0/s1. The zero-order valence-electron chi connectivity index (χ0n) is 16.2. The Morgan fingerprint density at radius 2 is 1.50 bits per heavy atom. The van der Waals surface area contributed by atoms with E-state index in [2.05, 4.69) is 22.8 Å². The molecule has 3 nitrogen and oxygen atoms in total. The van der Waals surface area contributed by atoms with E-state index >= 15 is 0 Å². The van der Waals surface area contributed by atoms with Crippen LogP contribution in [0.5, 0.6) is 0 Å². The summed E-state index contributed by atoms with van der Waals surface area (Å²) in [5.41, 5.74) is 5.77. The third kappa shape index (κ3) is 3.49. The number of ketones is 1. The van der Waals surface area contributed by atoms with Gasteiger partial charge in [-0.2, -0.15) is 0 Å². The minimum absolute atomic E-state index is 0.147. The van der Waals surface area contributed by atoms with E-state index in [9.17, 15) is 4.79 Å². The average Bonchev–Trinajstić information content (AvgIpc) is 2.93. The number of hydrogen-bond acceptors (Lipinski definition) is 3. The third-order valence-corrected chi connectivity index (χ3v) is 6.60. The van der Waals surface area contributed by atoms with Gasteiger partial charge in [0.1, 0.15) is 0 Å². The summed E-state index contributed by atoms with van der Waals surface area (Å²) in [4.78, 5) is 13.5. The quantitative estimate of drug-likeness (QED) is 0.457. The van der Waals surface area contributed by atoms with E-state index in [-0.39, 0.29) is 17.7 Å². The van der Waals surface area contributed by atoms with Crippen LogP contribution in [0.1, 0.15) is 35.9 Å². The molecule has 0 unspecified atom stereocenters. The molecule has 5 heteroatoms. The predicted molar refractivity (Wildman–Crippen MR) is 123 cm³/mol. The molecule has 1 heterocycles. The number of carbonyl (C=O) groups is 1. The van der Waals surface area contributed by atoms with Gasteiger partial charge in [0.2, 0.25) is 0 Å². The Balaban J connectivity index is 1.63. The SMILES string of the molecule is O=C1C[C@@H](c2ccccc2)CC2=C1[C@H](c1ccc(Cl)c(Cl)c1)Nc1ccccc1N2. The molecule has 0 saturated carbocycles. The van der Waals surface area contributed by atoms with Gasteiger partial charge in [-0.1, -0.05) is 71.7 Å². The molecule has 0 fully saturated rings. The average molecular weight is 435 g/mol. The van der Waals surface area contributed by atoms with Crippen molar-refractivity contribution in [2.24, 2.45) is 0 Å². The van der Waals surface area contributed by atoms with Crippen LogP contribution in [0.4, 0.5) is 11.4 Å². The molecule has 2 N–H and O–H groups in total. The summed E-state index contributed by atoms with van der Waals surface area (Å²) in [6.45, 7) is 0. The topological polar surface area (TPSA) is 41.1 Å². The molecular weight excluding hydrogens is 415 g/mol. The molecule has 5 rings (SSSR count). The second-order valence-electron chi connectivity index (χ2n) is 7.75. The number of Topliss-reactive ketones (excluding diaryl/α,β-unsaturated/α-hetero) is 1. The van der Waals surface area contributed by atoms with Crippen molar-refractivity contribution in [1.82, 2.24) is 0 Å². The smallest absolute Gasteiger partial charge is 0.163 e. The van der Waals surface area contributed by atoms with Crippen molar-refractivity contribution in [3.8, 4) is 0 Å². The number of carbonyl (C=O) groups excluding carboxylic acids is 1. The fourth-order valence-electron chi connectivity index (χ4n) is 4.40. The van der Waals surface area contributed by atoms with Crippen molar-refractivity contribution < 1.29 is 4.79 Å². The van der Waals surface area contributed by atoms with Crippen molar-refractivity contribution in [3.05, 3.63) is 105 Å². The summed E-state index contributed by atoms with van der Waals surface area (Å²) < 4.78 is 0. The molecule has 150 valence electrons. The molecule has 0 radical (unpaired) electrons. The molecule has 0 aromatic heterocycles. The molecule has 0 saturated heterocycles. The minimum atomic E-state index is -0.296. The fraction of sp³-hybridized carbons (Fsp3) is 0.160. The van der Waals surface area contributed by atoms with E-state index in [4.69, 9.17) is 23.2 Å². The summed E-state index contributed by atoms with van der Waals surface area (Å²) in [7, 11) is 0. The molecule has 2 aliphatic rings. The van der Waals surface area contributed by atoms with Gasteiger partial charge in [0.25, 0.3) is 0 Å². The second kappa shape index (κ2) is 7.82. The lowest BCUT2D eigenvalue weighted by atomic mass is 9.78. The van der Waals surface area contributed by atoms with Crippen LogP contribution >= 0.6 is 23.2 Å². The molecular formula is C25H20Cl2N2O. The third-order valence-electron chi connectivity index (χ3n) is 5.86. The summed E-state index contributed by atoms with van der Waals surface area (Å²) >= 11 is 12.5. The van der Waals surface area contributed by atoms with Crippen LogP contribution in [-0.4, -0.2) is 5.78 Å². The van der Waals surface area contributed by atoms with Crippen molar-refractivity contribution in [2.75, 3.05) is 10.6 Å². The Kier molecular flexibility index (Phi) is 5.01. The number of rotatable bonds is 2. The van der Waals surface area contributed by atoms with E-state index in [1.54, 1.807) is 6.07 Å². The van der Waals surface area contributed by atoms with E-state index in [0.717, 1.165) is 34.6 Å². The number of halogens is 2. The van der Waals surface area contributed by atoms with Gasteiger partial charge in [-0.15, -0.1) is 0 Å². The molecule has 3 aromatic carbocycles. The van der Waals surface area contributed by atoms with Gasteiger partial charge in [-0.25, -0.2) is 0 Å². The molecule has 0 bridgehead atoms. The van der Waals surface area contributed by atoms with Gasteiger partial charge in [-0.3, -0.25) is 4.79 Å². The van der Waals surface area contributed by atoms with Crippen molar-refractivity contribution in [3.63, 3.8) is 0 Å². The van der Waals surface area contributed by atoms with Gasteiger partial charge in [0.05, 0.1) is 27.5 Å². The Morgan fingerprint density at radius 1 is 0.767 bits per heavy atom. The lowest BCUT2D eigenvalue weighted by molar-refractivity contribution is -0.116. The fourth-order valence-corrected chi connectivity index (χ4v) is 4.70. The van der Waals surface area contributed by atoms with E-state index in [1.165, 1.54) is 5.56 Å². The normalized spacial score (nSPS) is 20.5. The highest BCUT2D eigenvalue weighted by Crippen LogP contribution is 2.44. The van der Waals surface area contributed by atoms with Gasteiger partial charge in [0.15, 0.2) is 5.78 Å². The molecule has 2 atom stereocenters. The first-order valence-electron chi connectivity index (χ1n) is 9.99. The van der Waals surface area contributed by atoms with Crippen LogP contribution in [0.3, 0.4) is 0 Å². The number of anilines is 2. The zero-order valence-corrected chi connectivity index (χ0v) is 17.7. The van der Waals surface area contributed by atoms with Gasteiger partial charge in [-0.05, 0) is 47.7 Å². The highest BCUT2D eigenvalue weighted by atomic mass is 35.5. The first kappa shape index (κ1) is 19.2. The lowest BCUT2D eigenvalue weighted by Gasteiger charge is -2.30. The highest BCUT2D eigenvalue weighted by Gasteiger charge is 2.36. The van der Waals surface area contributed by atoms with Crippen LogP contribution in [0.15, 0.2) is 84.1 Å². The molecule has 1 aliphatic heterocycles. The van der Waals surface area contributed by atoms with E-state index in [0.29, 0.717) is 16.5 Å². The Hall–Kier alpha value is -2.75. The van der Waals surface area contributed by atoms with Crippen molar-refractivity contribution in [1.29, 1.82) is 0 Å². The maximum atomic E-state index is 13.5. The summed E-state index contributed by atoms with van der Waals surface area (Å²) in [6, 6.07) is 23.5. The molecule has 0 amide bonds. The van der Waals surface area contributed by atoms with Crippen molar-refractivity contribution >= 4 is 40.4 Å². The first-order valence-corrected chi connectivity index (χ1v) is 10.7. The maximum absolute atomic E-state index is 13.5. The molecule has 0 spiro atoms. The largest absolute Gasteiger partial charge is 0.372 e. The molecule has 30 heavy (non-hydrogen) atoms. The van der Waals surface area contributed by atoms with Gasteiger partial charge >= 0.3 is 0 Å². The van der Waals surface area contributed by atoms with E-state index < -0.39 is 0 Å². The van der Waals surface area contributed by atoms with Gasteiger partial charge < -0.3 is 10.6 Å². The molecule has 3 aromatic rings. The van der Waals surface area contributed by atoms with Crippen molar-refractivity contribution in [2.45, 2.75) is 24.8 Å². The second-order valence-corrected chi connectivity index (χ2v) is 8.57. The highest BCUT2D eigenvalue weighted by molar-refractivity contribution is 6.42. The summed E-state index contributed by atoms with van der Waals surface area (Å²) in [6.07, 6.45) is 1.26. The number of benzene rings is 3. The number of nitrogens with one attached hydrogen (secondary N) is 2.